The van der Waals surface area contributed by atoms with Crippen molar-refractivity contribution < 1.29 is 0 Å². The van der Waals surface area contributed by atoms with Gasteiger partial charge in [-0.2, -0.15) is 0 Å². The molecular formula is C11H16S. The maximum Gasteiger partial charge on any atom is 0.00721 e. The van der Waals surface area contributed by atoms with Crippen LogP contribution in [0, 0.1) is 6.92 Å². The Morgan fingerprint density at radius 3 is 2.42 bits per heavy atom. The van der Waals surface area contributed by atoms with E-state index < -0.39 is 0 Å². The van der Waals surface area contributed by atoms with Crippen molar-refractivity contribution in [1.82, 2.24) is 0 Å². The minimum atomic E-state index is 0.636. The summed E-state index contributed by atoms with van der Waals surface area (Å²) >= 11 is 1.81. The van der Waals surface area contributed by atoms with Crippen molar-refractivity contribution in [3.8, 4) is 0 Å². The number of benzene rings is 1. The van der Waals surface area contributed by atoms with Gasteiger partial charge in [0, 0.05) is 4.90 Å². The van der Waals surface area contributed by atoms with Crippen LogP contribution < -0.4 is 0 Å². The van der Waals surface area contributed by atoms with Crippen LogP contribution in [0.3, 0.4) is 0 Å². The Labute approximate surface area is 79.4 Å². The van der Waals surface area contributed by atoms with Crippen LogP contribution in [0.4, 0.5) is 0 Å². The molecule has 0 saturated heterocycles. The molecule has 0 spiro atoms. The number of hydrogen-bond acceptors (Lipinski definition) is 1. The summed E-state index contributed by atoms with van der Waals surface area (Å²) < 4.78 is 0. The van der Waals surface area contributed by atoms with Gasteiger partial charge in [0.25, 0.3) is 0 Å². The highest BCUT2D eigenvalue weighted by Crippen LogP contribution is 2.24. The molecule has 66 valence electrons. The van der Waals surface area contributed by atoms with Gasteiger partial charge in [-0.15, -0.1) is 11.8 Å². The van der Waals surface area contributed by atoms with Gasteiger partial charge in [-0.1, -0.05) is 19.9 Å². The lowest BCUT2D eigenvalue weighted by Gasteiger charge is -2.10. The minimum absolute atomic E-state index is 0.636. The van der Waals surface area contributed by atoms with E-state index in [1.165, 1.54) is 16.0 Å². The van der Waals surface area contributed by atoms with E-state index in [0.29, 0.717) is 5.92 Å². The molecule has 12 heavy (non-hydrogen) atoms. The molecule has 0 radical (unpaired) electrons. The molecular weight excluding hydrogens is 164 g/mol. The third kappa shape index (κ3) is 2.04. The van der Waals surface area contributed by atoms with E-state index in [1.807, 2.05) is 11.8 Å². The third-order valence-corrected chi connectivity index (χ3v) is 2.83. The quantitative estimate of drug-likeness (QED) is 0.623. The van der Waals surface area contributed by atoms with Crippen molar-refractivity contribution in [3.05, 3.63) is 29.3 Å². The van der Waals surface area contributed by atoms with E-state index >= 15 is 0 Å². The first kappa shape index (κ1) is 9.66. The van der Waals surface area contributed by atoms with Crippen molar-refractivity contribution in [2.75, 3.05) is 6.26 Å². The predicted molar refractivity (Wildman–Crippen MR) is 57.0 cm³/mol. The monoisotopic (exact) mass is 180 g/mol. The fourth-order valence-electron chi connectivity index (χ4n) is 1.37. The van der Waals surface area contributed by atoms with Gasteiger partial charge < -0.3 is 0 Å². The molecule has 0 aliphatic heterocycles. The minimum Gasteiger partial charge on any atom is -0.130 e. The standard InChI is InChI=1S/C11H16S/c1-8(2)11-7-10(12-4)6-5-9(11)3/h5-8H,1-4H3. The Hall–Kier alpha value is -0.430. The number of thioether (sulfide) groups is 1. The highest BCUT2D eigenvalue weighted by molar-refractivity contribution is 7.98. The smallest absolute Gasteiger partial charge is 0.00721 e. The summed E-state index contributed by atoms with van der Waals surface area (Å²) in [5.74, 6) is 0.636. The Bertz CT molecular complexity index is 264. The second kappa shape index (κ2) is 3.99. The zero-order chi connectivity index (χ0) is 9.14. The van der Waals surface area contributed by atoms with Crippen LogP contribution in [0.2, 0.25) is 0 Å². The number of hydrogen-bond donors (Lipinski definition) is 0. The van der Waals surface area contributed by atoms with E-state index in [2.05, 4.69) is 45.2 Å². The second-order valence-electron chi connectivity index (χ2n) is 3.38. The molecule has 0 amide bonds. The summed E-state index contributed by atoms with van der Waals surface area (Å²) in [5.41, 5.74) is 2.88. The van der Waals surface area contributed by atoms with E-state index in [4.69, 9.17) is 0 Å². The highest BCUT2D eigenvalue weighted by Gasteiger charge is 2.03. The van der Waals surface area contributed by atoms with Gasteiger partial charge in [0.05, 0.1) is 0 Å². The average Bonchev–Trinajstić information content (AvgIpc) is 2.05. The summed E-state index contributed by atoms with van der Waals surface area (Å²) in [6.07, 6.45) is 2.12. The zero-order valence-corrected chi connectivity index (χ0v) is 9.03. The Kier molecular flexibility index (Phi) is 3.21. The maximum absolute atomic E-state index is 2.30. The third-order valence-electron chi connectivity index (χ3n) is 2.11. The molecule has 1 heteroatoms. The summed E-state index contributed by atoms with van der Waals surface area (Å²) in [6.45, 7) is 6.67. The van der Waals surface area contributed by atoms with E-state index in [1.54, 1.807) is 0 Å². The Balaban J connectivity index is 3.08. The van der Waals surface area contributed by atoms with Crippen LogP contribution in [0.15, 0.2) is 23.1 Å². The molecule has 0 bridgehead atoms. The Morgan fingerprint density at radius 1 is 1.25 bits per heavy atom. The molecule has 0 heterocycles. The van der Waals surface area contributed by atoms with Gasteiger partial charge in [-0.3, -0.25) is 0 Å². The summed E-state index contributed by atoms with van der Waals surface area (Å²) in [6, 6.07) is 6.69. The van der Waals surface area contributed by atoms with Crippen molar-refractivity contribution in [2.45, 2.75) is 31.6 Å². The molecule has 0 saturated carbocycles. The highest BCUT2D eigenvalue weighted by atomic mass is 32.2. The van der Waals surface area contributed by atoms with Crippen molar-refractivity contribution in [2.24, 2.45) is 0 Å². The molecule has 1 rings (SSSR count). The van der Waals surface area contributed by atoms with Gasteiger partial charge in [0.2, 0.25) is 0 Å². The predicted octanol–water partition coefficient (Wildman–Crippen LogP) is 3.84. The maximum atomic E-state index is 2.30. The lowest BCUT2D eigenvalue weighted by molar-refractivity contribution is 0.852. The van der Waals surface area contributed by atoms with Crippen molar-refractivity contribution in [1.29, 1.82) is 0 Å². The lowest BCUT2D eigenvalue weighted by Crippen LogP contribution is -1.91. The fourth-order valence-corrected chi connectivity index (χ4v) is 1.82. The molecule has 0 aliphatic carbocycles. The molecule has 0 nitrogen and oxygen atoms in total. The van der Waals surface area contributed by atoms with Gasteiger partial charge in [0.15, 0.2) is 0 Å². The first-order valence-electron chi connectivity index (χ1n) is 4.29. The molecule has 1 aromatic carbocycles. The van der Waals surface area contributed by atoms with E-state index in [9.17, 15) is 0 Å². The van der Waals surface area contributed by atoms with Crippen LogP contribution in [-0.2, 0) is 0 Å². The van der Waals surface area contributed by atoms with Crippen LogP contribution >= 0.6 is 11.8 Å². The van der Waals surface area contributed by atoms with Gasteiger partial charge >= 0.3 is 0 Å². The van der Waals surface area contributed by atoms with Gasteiger partial charge in [-0.05, 0) is 42.4 Å². The number of rotatable bonds is 2. The first-order valence-corrected chi connectivity index (χ1v) is 5.52. The molecule has 1 aromatic rings. The molecule has 0 unspecified atom stereocenters. The average molecular weight is 180 g/mol. The van der Waals surface area contributed by atoms with Crippen LogP contribution in [-0.4, -0.2) is 6.26 Å². The van der Waals surface area contributed by atoms with Crippen molar-refractivity contribution in [3.63, 3.8) is 0 Å². The molecule has 0 N–H and O–H groups in total. The topological polar surface area (TPSA) is 0 Å². The SMILES string of the molecule is CSc1ccc(C)c(C(C)C)c1. The van der Waals surface area contributed by atoms with Crippen LogP contribution in [0.25, 0.3) is 0 Å². The lowest BCUT2D eigenvalue weighted by atomic mass is 9.98. The zero-order valence-electron chi connectivity index (χ0n) is 8.22. The first-order chi connectivity index (χ1) is 5.65. The Morgan fingerprint density at radius 2 is 1.92 bits per heavy atom. The van der Waals surface area contributed by atoms with Crippen LogP contribution in [0.5, 0.6) is 0 Å². The normalized spacial score (nSPS) is 10.8. The molecule has 0 fully saturated rings. The van der Waals surface area contributed by atoms with E-state index in [0.717, 1.165) is 0 Å². The van der Waals surface area contributed by atoms with Crippen LogP contribution in [0.1, 0.15) is 30.9 Å². The van der Waals surface area contributed by atoms with Gasteiger partial charge in [0.1, 0.15) is 0 Å². The summed E-state index contributed by atoms with van der Waals surface area (Å²) in [4.78, 5) is 1.37. The molecule has 0 aromatic heterocycles. The summed E-state index contributed by atoms with van der Waals surface area (Å²) in [7, 11) is 0. The second-order valence-corrected chi connectivity index (χ2v) is 4.26. The number of aryl methyl sites for hydroxylation is 1. The van der Waals surface area contributed by atoms with E-state index in [-0.39, 0.29) is 0 Å². The fraction of sp³-hybridized carbons (Fsp3) is 0.455. The molecule has 0 atom stereocenters. The largest absolute Gasteiger partial charge is 0.130 e. The molecule has 0 aliphatic rings. The summed E-state index contributed by atoms with van der Waals surface area (Å²) in [5, 5.41) is 0. The van der Waals surface area contributed by atoms with Gasteiger partial charge in [-0.25, -0.2) is 0 Å². The van der Waals surface area contributed by atoms with Crippen molar-refractivity contribution >= 4 is 11.8 Å².